The van der Waals surface area contributed by atoms with Crippen LogP contribution in [0.1, 0.15) is 59.8 Å². The summed E-state index contributed by atoms with van der Waals surface area (Å²) in [4.78, 5) is 2.73. The number of hydrogen-bond acceptors (Lipinski definition) is 2. The van der Waals surface area contributed by atoms with Gasteiger partial charge in [0.15, 0.2) is 0 Å². The SMILES string of the molecule is CCCC1CNC(CC)(CC)CN1CCC. The lowest BCUT2D eigenvalue weighted by atomic mass is 9.87. The van der Waals surface area contributed by atoms with Crippen molar-refractivity contribution in [1.29, 1.82) is 0 Å². The van der Waals surface area contributed by atoms with Crippen LogP contribution >= 0.6 is 0 Å². The lowest BCUT2D eigenvalue weighted by Gasteiger charge is -2.47. The number of hydrogen-bond donors (Lipinski definition) is 1. The third-order valence-corrected chi connectivity index (χ3v) is 4.22. The summed E-state index contributed by atoms with van der Waals surface area (Å²) < 4.78 is 0. The van der Waals surface area contributed by atoms with Crippen LogP contribution < -0.4 is 5.32 Å². The van der Waals surface area contributed by atoms with Gasteiger partial charge >= 0.3 is 0 Å². The number of rotatable bonds is 6. The van der Waals surface area contributed by atoms with E-state index in [4.69, 9.17) is 0 Å². The smallest absolute Gasteiger partial charge is 0.0304 e. The first kappa shape index (κ1) is 14.0. The maximum absolute atomic E-state index is 3.81. The second-order valence-corrected chi connectivity index (χ2v) is 5.28. The zero-order chi connectivity index (χ0) is 12.0. The number of piperazine rings is 1. The monoisotopic (exact) mass is 226 g/mol. The molecule has 0 aromatic heterocycles. The van der Waals surface area contributed by atoms with Gasteiger partial charge in [-0.2, -0.15) is 0 Å². The normalized spacial score (nSPS) is 25.9. The van der Waals surface area contributed by atoms with Crippen molar-refractivity contribution in [1.82, 2.24) is 10.2 Å². The second kappa shape index (κ2) is 6.61. The molecular weight excluding hydrogens is 196 g/mol. The Morgan fingerprint density at radius 2 is 1.81 bits per heavy atom. The van der Waals surface area contributed by atoms with Crippen molar-refractivity contribution in [2.45, 2.75) is 71.4 Å². The van der Waals surface area contributed by atoms with Crippen molar-refractivity contribution >= 4 is 0 Å². The molecule has 1 rings (SSSR count). The van der Waals surface area contributed by atoms with Gasteiger partial charge in [-0.3, -0.25) is 4.90 Å². The van der Waals surface area contributed by atoms with E-state index in [-0.39, 0.29) is 0 Å². The van der Waals surface area contributed by atoms with E-state index in [1.54, 1.807) is 0 Å². The number of nitrogens with zero attached hydrogens (tertiary/aromatic N) is 1. The van der Waals surface area contributed by atoms with Crippen molar-refractivity contribution in [3.8, 4) is 0 Å². The van der Waals surface area contributed by atoms with E-state index in [1.807, 2.05) is 0 Å². The van der Waals surface area contributed by atoms with Gasteiger partial charge in [-0.15, -0.1) is 0 Å². The molecule has 1 fully saturated rings. The van der Waals surface area contributed by atoms with Gasteiger partial charge in [-0.25, -0.2) is 0 Å². The molecule has 1 saturated heterocycles. The lowest BCUT2D eigenvalue weighted by molar-refractivity contribution is 0.0680. The van der Waals surface area contributed by atoms with Gasteiger partial charge in [0, 0.05) is 24.7 Å². The summed E-state index contributed by atoms with van der Waals surface area (Å²) in [6, 6.07) is 0.774. The third-order valence-electron chi connectivity index (χ3n) is 4.22. The van der Waals surface area contributed by atoms with Crippen molar-refractivity contribution in [2.24, 2.45) is 0 Å². The zero-order valence-corrected chi connectivity index (χ0v) is 11.7. The maximum Gasteiger partial charge on any atom is 0.0304 e. The van der Waals surface area contributed by atoms with E-state index in [1.165, 1.54) is 51.7 Å². The van der Waals surface area contributed by atoms with Crippen molar-refractivity contribution < 1.29 is 0 Å². The van der Waals surface area contributed by atoms with E-state index in [9.17, 15) is 0 Å². The molecule has 0 spiro atoms. The minimum atomic E-state index is 0.388. The minimum absolute atomic E-state index is 0.388. The predicted octanol–water partition coefficient (Wildman–Crippen LogP) is 3.03. The Labute approximate surface area is 102 Å². The molecule has 2 heteroatoms. The first-order chi connectivity index (χ1) is 7.71. The highest BCUT2D eigenvalue weighted by molar-refractivity contribution is 4.96. The molecule has 96 valence electrons. The second-order valence-electron chi connectivity index (χ2n) is 5.28. The van der Waals surface area contributed by atoms with E-state index in [2.05, 4.69) is 37.9 Å². The summed E-state index contributed by atoms with van der Waals surface area (Å²) in [5, 5.41) is 3.81. The quantitative estimate of drug-likeness (QED) is 0.749. The first-order valence-corrected chi connectivity index (χ1v) is 7.20. The van der Waals surface area contributed by atoms with Crippen molar-refractivity contribution in [3.63, 3.8) is 0 Å². The molecule has 0 aromatic carbocycles. The molecule has 1 aliphatic heterocycles. The molecule has 1 N–H and O–H groups in total. The van der Waals surface area contributed by atoms with Gasteiger partial charge in [-0.05, 0) is 32.2 Å². The van der Waals surface area contributed by atoms with Gasteiger partial charge in [0.1, 0.15) is 0 Å². The van der Waals surface area contributed by atoms with Gasteiger partial charge in [0.05, 0.1) is 0 Å². The highest BCUT2D eigenvalue weighted by Gasteiger charge is 2.35. The highest BCUT2D eigenvalue weighted by Crippen LogP contribution is 2.24. The topological polar surface area (TPSA) is 15.3 Å². The van der Waals surface area contributed by atoms with Crippen molar-refractivity contribution in [3.05, 3.63) is 0 Å². The standard InChI is InChI=1S/C14H30N2/c1-5-9-13-11-15-14(7-3,8-4)12-16(13)10-6-2/h13,15H,5-12H2,1-4H3. The Bertz CT molecular complexity index is 187. The summed E-state index contributed by atoms with van der Waals surface area (Å²) >= 11 is 0. The van der Waals surface area contributed by atoms with Gasteiger partial charge in [0.2, 0.25) is 0 Å². The largest absolute Gasteiger partial charge is 0.308 e. The van der Waals surface area contributed by atoms with Crippen LogP contribution in [0.25, 0.3) is 0 Å². The van der Waals surface area contributed by atoms with E-state index in [0.29, 0.717) is 5.54 Å². The average Bonchev–Trinajstić information content (AvgIpc) is 2.32. The molecule has 0 bridgehead atoms. The Hall–Kier alpha value is -0.0800. The van der Waals surface area contributed by atoms with Crippen LogP contribution in [-0.4, -0.2) is 36.1 Å². The molecule has 16 heavy (non-hydrogen) atoms. The Balaban J connectivity index is 2.63. The van der Waals surface area contributed by atoms with Crippen LogP contribution in [0, 0.1) is 0 Å². The van der Waals surface area contributed by atoms with Crippen LogP contribution in [0.4, 0.5) is 0 Å². The molecule has 1 atom stereocenters. The fourth-order valence-corrected chi connectivity index (χ4v) is 2.93. The molecule has 2 nitrogen and oxygen atoms in total. The molecule has 0 radical (unpaired) electrons. The summed E-state index contributed by atoms with van der Waals surface area (Å²) in [6.07, 6.45) is 6.43. The molecule has 0 aliphatic carbocycles. The summed E-state index contributed by atoms with van der Waals surface area (Å²) in [5.41, 5.74) is 0.388. The molecule has 0 aromatic rings. The average molecular weight is 226 g/mol. The molecule has 1 aliphatic rings. The molecular formula is C14H30N2. The lowest BCUT2D eigenvalue weighted by Crippen LogP contribution is -2.63. The van der Waals surface area contributed by atoms with Gasteiger partial charge in [0.25, 0.3) is 0 Å². The Kier molecular flexibility index (Phi) is 5.77. The summed E-state index contributed by atoms with van der Waals surface area (Å²) in [6.45, 7) is 12.9. The van der Waals surface area contributed by atoms with E-state index < -0.39 is 0 Å². The van der Waals surface area contributed by atoms with E-state index >= 15 is 0 Å². The van der Waals surface area contributed by atoms with Crippen LogP contribution in [0.5, 0.6) is 0 Å². The highest BCUT2D eigenvalue weighted by atomic mass is 15.2. The fourth-order valence-electron chi connectivity index (χ4n) is 2.93. The van der Waals surface area contributed by atoms with Crippen LogP contribution in [0.3, 0.4) is 0 Å². The Morgan fingerprint density at radius 1 is 1.12 bits per heavy atom. The minimum Gasteiger partial charge on any atom is -0.308 e. The first-order valence-electron chi connectivity index (χ1n) is 7.20. The van der Waals surface area contributed by atoms with Crippen LogP contribution in [-0.2, 0) is 0 Å². The third kappa shape index (κ3) is 3.21. The van der Waals surface area contributed by atoms with Gasteiger partial charge < -0.3 is 5.32 Å². The Morgan fingerprint density at radius 3 is 2.31 bits per heavy atom. The van der Waals surface area contributed by atoms with Crippen LogP contribution in [0.2, 0.25) is 0 Å². The zero-order valence-electron chi connectivity index (χ0n) is 11.7. The molecule has 1 heterocycles. The van der Waals surface area contributed by atoms with E-state index in [0.717, 1.165) is 6.04 Å². The van der Waals surface area contributed by atoms with Crippen molar-refractivity contribution in [2.75, 3.05) is 19.6 Å². The van der Waals surface area contributed by atoms with Crippen LogP contribution in [0.15, 0.2) is 0 Å². The summed E-state index contributed by atoms with van der Waals surface area (Å²) in [7, 11) is 0. The molecule has 0 amide bonds. The molecule has 1 unspecified atom stereocenters. The number of nitrogens with one attached hydrogen (secondary N) is 1. The summed E-state index contributed by atoms with van der Waals surface area (Å²) in [5.74, 6) is 0. The van der Waals surface area contributed by atoms with Gasteiger partial charge in [-0.1, -0.05) is 34.1 Å². The predicted molar refractivity (Wildman–Crippen MR) is 71.9 cm³/mol. The molecule has 0 saturated carbocycles. The maximum atomic E-state index is 3.81. The fraction of sp³-hybridized carbons (Fsp3) is 1.00.